The molecule has 4 N–H and O–H groups in total. The normalized spacial score (nSPS) is 17.4. The van der Waals surface area contributed by atoms with E-state index >= 15 is 0 Å². The molecular formula is C7H19N3. The molecule has 3 heteroatoms. The van der Waals surface area contributed by atoms with Gasteiger partial charge in [-0.25, -0.2) is 0 Å². The maximum absolute atomic E-state index is 5.59. The first-order chi connectivity index (χ1) is 4.52. The van der Waals surface area contributed by atoms with E-state index in [2.05, 4.69) is 4.90 Å². The highest BCUT2D eigenvalue weighted by Crippen LogP contribution is 1.86. The van der Waals surface area contributed by atoms with Gasteiger partial charge in [-0.05, 0) is 20.9 Å². The highest BCUT2D eigenvalue weighted by atomic mass is 15.1. The summed E-state index contributed by atoms with van der Waals surface area (Å²) >= 11 is 0. The van der Waals surface area contributed by atoms with Crippen LogP contribution in [0.1, 0.15) is 13.8 Å². The molecule has 2 unspecified atom stereocenters. The number of hydrogen-bond acceptors (Lipinski definition) is 3. The van der Waals surface area contributed by atoms with Crippen LogP contribution in [0.25, 0.3) is 0 Å². The second-order valence-corrected chi connectivity index (χ2v) is 3.18. The Bertz CT molecular complexity index is 70.9. The predicted molar refractivity (Wildman–Crippen MR) is 44.8 cm³/mol. The first-order valence-corrected chi connectivity index (χ1v) is 3.72. The summed E-state index contributed by atoms with van der Waals surface area (Å²) in [7, 11) is 2.03. The minimum absolute atomic E-state index is 0.240. The van der Waals surface area contributed by atoms with Crippen molar-refractivity contribution in [3.8, 4) is 0 Å². The number of nitrogens with zero attached hydrogens (tertiary/aromatic N) is 1. The molecule has 0 aliphatic rings. The summed E-state index contributed by atoms with van der Waals surface area (Å²) in [4.78, 5) is 2.15. The van der Waals surface area contributed by atoms with Crippen LogP contribution < -0.4 is 11.5 Å². The first-order valence-electron chi connectivity index (χ1n) is 3.72. The second kappa shape index (κ2) is 4.66. The Morgan fingerprint density at radius 3 is 1.60 bits per heavy atom. The zero-order valence-electron chi connectivity index (χ0n) is 7.17. The van der Waals surface area contributed by atoms with Gasteiger partial charge in [0, 0.05) is 25.2 Å². The molecule has 0 aromatic carbocycles. The van der Waals surface area contributed by atoms with E-state index in [1.165, 1.54) is 0 Å². The number of nitrogens with two attached hydrogens (primary N) is 2. The molecule has 0 rings (SSSR count). The summed E-state index contributed by atoms with van der Waals surface area (Å²) in [6.07, 6.45) is 0. The second-order valence-electron chi connectivity index (χ2n) is 3.18. The number of hydrogen-bond donors (Lipinski definition) is 2. The summed E-state index contributed by atoms with van der Waals surface area (Å²) in [5.74, 6) is 0. The van der Waals surface area contributed by atoms with Crippen LogP contribution in [0.3, 0.4) is 0 Å². The van der Waals surface area contributed by atoms with Gasteiger partial charge in [0.1, 0.15) is 0 Å². The van der Waals surface area contributed by atoms with Gasteiger partial charge in [-0.1, -0.05) is 0 Å². The van der Waals surface area contributed by atoms with E-state index in [0.717, 1.165) is 13.1 Å². The third-order valence-electron chi connectivity index (χ3n) is 1.20. The standard InChI is InChI=1S/C7H19N3/c1-6(8)4-10(3)5-7(2)9/h6-7H,4-5,8-9H2,1-3H3. The zero-order chi connectivity index (χ0) is 8.15. The Balaban J connectivity index is 3.34. The van der Waals surface area contributed by atoms with Crippen molar-refractivity contribution in [1.29, 1.82) is 0 Å². The van der Waals surface area contributed by atoms with Gasteiger partial charge in [0.2, 0.25) is 0 Å². The van der Waals surface area contributed by atoms with Gasteiger partial charge >= 0.3 is 0 Å². The van der Waals surface area contributed by atoms with Crippen molar-refractivity contribution in [2.75, 3.05) is 20.1 Å². The molecule has 62 valence electrons. The molecule has 0 amide bonds. The van der Waals surface area contributed by atoms with Crippen LogP contribution in [0, 0.1) is 0 Å². The average molecular weight is 145 g/mol. The molecule has 2 atom stereocenters. The molecule has 0 spiro atoms. The quantitative estimate of drug-likeness (QED) is 0.566. The van der Waals surface area contributed by atoms with Gasteiger partial charge in [-0.15, -0.1) is 0 Å². The SMILES string of the molecule is CC(N)CN(C)CC(C)N. The van der Waals surface area contributed by atoms with Crippen molar-refractivity contribution >= 4 is 0 Å². The molecular weight excluding hydrogens is 126 g/mol. The summed E-state index contributed by atoms with van der Waals surface area (Å²) < 4.78 is 0. The fraction of sp³-hybridized carbons (Fsp3) is 1.00. The molecule has 0 heterocycles. The van der Waals surface area contributed by atoms with Crippen LogP contribution in [0.5, 0.6) is 0 Å². The lowest BCUT2D eigenvalue weighted by Gasteiger charge is -2.20. The Morgan fingerprint density at radius 1 is 1.10 bits per heavy atom. The molecule has 0 aromatic heterocycles. The molecule has 0 bridgehead atoms. The molecule has 10 heavy (non-hydrogen) atoms. The van der Waals surface area contributed by atoms with Gasteiger partial charge < -0.3 is 16.4 Å². The van der Waals surface area contributed by atoms with Gasteiger partial charge in [-0.2, -0.15) is 0 Å². The van der Waals surface area contributed by atoms with E-state index in [4.69, 9.17) is 11.5 Å². The minimum Gasteiger partial charge on any atom is -0.327 e. The predicted octanol–water partition coefficient (Wildman–Crippen LogP) is -0.387. The van der Waals surface area contributed by atoms with Gasteiger partial charge in [0.15, 0.2) is 0 Å². The summed E-state index contributed by atoms with van der Waals surface area (Å²) in [6, 6.07) is 0.479. The molecule has 0 saturated heterocycles. The molecule has 0 fully saturated rings. The molecule has 0 aromatic rings. The summed E-state index contributed by atoms with van der Waals surface area (Å²) in [6.45, 7) is 5.83. The van der Waals surface area contributed by atoms with Gasteiger partial charge in [-0.3, -0.25) is 0 Å². The first kappa shape index (κ1) is 9.88. The largest absolute Gasteiger partial charge is 0.327 e. The van der Waals surface area contributed by atoms with Crippen LogP contribution in [-0.4, -0.2) is 37.1 Å². The van der Waals surface area contributed by atoms with Crippen molar-refractivity contribution in [2.45, 2.75) is 25.9 Å². The van der Waals surface area contributed by atoms with E-state index in [0.29, 0.717) is 0 Å². The van der Waals surface area contributed by atoms with E-state index in [1.54, 1.807) is 0 Å². The zero-order valence-corrected chi connectivity index (χ0v) is 7.17. The highest BCUT2D eigenvalue weighted by Gasteiger charge is 2.02. The third kappa shape index (κ3) is 6.01. The molecule has 0 aliphatic heterocycles. The lowest BCUT2D eigenvalue weighted by atomic mass is 10.3. The fourth-order valence-electron chi connectivity index (χ4n) is 1.06. The summed E-state index contributed by atoms with van der Waals surface area (Å²) in [5, 5.41) is 0. The monoisotopic (exact) mass is 145 g/mol. The van der Waals surface area contributed by atoms with E-state index in [-0.39, 0.29) is 12.1 Å². The van der Waals surface area contributed by atoms with Crippen molar-refractivity contribution in [3.63, 3.8) is 0 Å². The molecule has 0 aliphatic carbocycles. The molecule has 0 radical (unpaired) electrons. The molecule has 3 nitrogen and oxygen atoms in total. The lowest BCUT2D eigenvalue weighted by molar-refractivity contribution is 0.302. The Kier molecular flexibility index (Phi) is 4.60. The number of rotatable bonds is 4. The maximum atomic E-state index is 5.59. The van der Waals surface area contributed by atoms with E-state index in [9.17, 15) is 0 Å². The Labute approximate surface area is 63.4 Å². The average Bonchev–Trinajstić information content (AvgIpc) is 1.58. The topological polar surface area (TPSA) is 55.3 Å². The summed E-state index contributed by atoms with van der Waals surface area (Å²) in [5.41, 5.74) is 11.2. The molecule has 0 saturated carbocycles. The maximum Gasteiger partial charge on any atom is 0.0139 e. The van der Waals surface area contributed by atoms with Crippen LogP contribution in [0.2, 0.25) is 0 Å². The lowest BCUT2D eigenvalue weighted by Crippen LogP contribution is -2.39. The minimum atomic E-state index is 0.240. The van der Waals surface area contributed by atoms with E-state index in [1.807, 2.05) is 20.9 Å². The highest BCUT2D eigenvalue weighted by molar-refractivity contribution is 4.64. The van der Waals surface area contributed by atoms with Crippen LogP contribution >= 0.6 is 0 Å². The van der Waals surface area contributed by atoms with Crippen molar-refractivity contribution < 1.29 is 0 Å². The van der Waals surface area contributed by atoms with Gasteiger partial charge in [0.25, 0.3) is 0 Å². The number of likely N-dealkylation sites (N-methyl/N-ethyl adjacent to an activating group) is 1. The fourth-order valence-corrected chi connectivity index (χ4v) is 1.06. The van der Waals surface area contributed by atoms with E-state index < -0.39 is 0 Å². The Hall–Kier alpha value is -0.120. The van der Waals surface area contributed by atoms with Crippen LogP contribution in [-0.2, 0) is 0 Å². The smallest absolute Gasteiger partial charge is 0.0139 e. The van der Waals surface area contributed by atoms with Crippen LogP contribution in [0.15, 0.2) is 0 Å². The third-order valence-corrected chi connectivity index (χ3v) is 1.20. The van der Waals surface area contributed by atoms with Crippen molar-refractivity contribution in [1.82, 2.24) is 4.90 Å². The van der Waals surface area contributed by atoms with Gasteiger partial charge in [0.05, 0.1) is 0 Å². The Morgan fingerprint density at radius 2 is 1.40 bits per heavy atom. The van der Waals surface area contributed by atoms with Crippen molar-refractivity contribution in [2.24, 2.45) is 11.5 Å². The van der Waals surface area contributed by atoms with Crippen molar-refractivity contribution in [3.05, 3.63) is 0 Å². The van der Waals surface area contributed by atoms with Crippen LogP contribution in [0.4, 0.5) is 0 Å².